The fourth-order valence-electron chi connectivity index (χ4n) is 2.90. The third kappa shape index (κ3) is 3.35. The molecule has 0 unspecified atom stereocenters. The van der Waals surface area contributed by atoms with Crippen LogP contribution in [0.5, 0.6) is 0 Å². The number of hydrogen-bond donors (Lipinski definition) is 2. The van der Waals surface area contributed by atoms with Crippen molar-refractivity contribution in [2.75, 3.05) is 11.1 Å². The molecule has 134 valence electrons. The van der Waals surface area contributed by atoms with Crippen LogP contribution in [0.15, 0.2) is 61.1 Å². The highest BCUT2D eigenvalue weighted by Gasteiger charge is 2.09. The van der Waals surface area contributed by atoms with Gasteiger partial charge in [0.05, 0.1) is 6.20 Å². The molecule has 0 fully saturated rings. The number of rotatable bonds is 3. The summed E-state index contributed by atoms with van der Waals surface area (Å²) in [7, 11) is 0. The van der Waals surface area contributed by atoms with Crippen molar-refractivity contribution in [3.8, 4) is 22.3 Å². The second-order valence-corrected chi connectivity index (χ2v) is 6.15. The molecule has 0 aliphatic carbocycles. The number of imidazole rings is 1. The average Bonchev–Trinajstić information content (AvgIpc) is 3.03. The molecule has 0 aliphatic rings. The van der Waals surface area contributed by atoms with Gasteiger partial charge in [0.15, 0.2) is 5.82 Å². The first-order valence-electron chi connectivity index (χ1n) is 8.28. The molecule has 4 rings (SSSR count). The van der Waals surface area contributed by atoms with E-state index in [4.69, 9.17) is 5.73 Å². The number of aromatic nitrogens is 3. The Morgan fingerprint density at radius 2 is 1.81 bits per heavy atom. The number of nitrogen functional groups attached to an aromatic ring is 1. The number of fused-ring (bicyclic) bond motifs is 1. The molecule has 1 aromatic carbocycles. The summed E-state index contributed by atoms with van der Waals surface area (Å²) in [6, 6.07) is 11.8. The summed E-state index contributed by atoms with van der Waals surface area (Å²) in [6.07, 6.45) is 5.33. The zero-order valence-electron chi connectivity index (χ0n) is 14.5. The molecule has 1 amide bonds. The Kier molecular flexibility index (Phi) is 4.04. The maximum atomic E-state index is 13.2. The first-order valence-corrected chi connectivity index (χ1v) is 8.28. The SMILES string of the molecule is CC(=O)Nc1cn2cc(-c3cnc(N)c(-c4ccc(F)cc4)c3)ccc2n1. The number of pyridine rings is 2. The number of halogens is 1. The number of carbonyl (C=O) groups is 1. The number of benzene rings is 1. The van der Waals surface area contributed by atoms with Crippen LogP contribution in [0.25, 0.3) is 27.9 Å². The standard InChI is InChI=1S/C20H16FN5O/c1-12(27)24-18-11-26-10-14(4-7-19(26)25-18)15-8-17(20(22)23-9-15)13-2-5-16(21)6-3-13/h2-11H,1H3,(H2,22,23)(H,24,27). The minimum absolute atomic E-state index is 0.176. The number of carbonyl (C=O) groups excluding carboxylic acids is 1. The molecule has 3 heterocycles. The molecule has 3 N–H and O–H groups in total. The zero-order chi connectivity index (χ0) is 19.0. The van der Waals surface area contributed by atoms with E-state index >= 15 is 0 Å². The number of nitrogens with zero attached hydrogens (tertiary/aromatic N) is 3. The largest absolute Gasteiger partial charge is 0.383 e. The Hall–Kier alpha value is -3.74. The van der Waals surface area contributed by atoms with Crippen molar-refractivity contribution in [3.05, 3.63) is 66.9 Å². The number of amides is 1. The molecule has 0 radical (unpaired) electrons. The van der Waals surface area contributed by atoms with E-state index in [9.17, 15) is 9.18 Å². The number of anilines is 2. The van der Waals surface area contributed by atoms with Gasteiger partial charge in [0.2, 0.25) is 5.91 Å². The summed E-state index contributed by atoms with van der Waals surface area (Å²) in [5.41, 5.74) is 10.0. The maximum Gasteiger partial charge on any atom is 0.222 e. The lowest BCUT2D eigenvalue weighted by Gasteiger charge is -2.09. The van der Waals surface area contributed by atoms with Gasteiger partial charge in [0.1, 0.15) is 17.3 Å². The Morgan fingerprint density at radius 1 is 1.07 bits per heavy atom. The fourth-order valence-corrected chi connectivity index (χ4v) is 2.90. The Labute approximate surface area is 154 Å². The van der Waals surface area contributed by atoms with Crippen LogP contribution in [0.4, 0.5) is 16.0 Å². The van der Waals surface area contributed by atoms with Gasteiger partial charge < -0.3 is 15.5 Å². The van der Waals surface area contributed by atoms with Crippen molar-refractivity contribution in [2.45, 2.75) is 6.92 Å². The number of nitrogens with one attached hydrogen (secondary N) is 1. The van der Waals surface area contributed by atoms with Gasteiger partial charge in [-0.2, -0.15) is 0 Å². The van der Waals surface area contributed by atoms with Gasteiger partial charge >= 0.3 is 0 Å². The first kappa shape index (κ1) is 16.7. The lowest BCUT2D eigenvalue weighted by atomic mass is 10.0. The molecule has 6 nitrogen and oxygen atoms in total. The highest BCUT2D eigenvalue weighted by molar-refractivity contribution is 5.88. The van der Waals surface area contributed by atoms with Gasteiger partial charge in [0, 0.05) is 36.0 Å². The zero-order valence-corrected chi connectivity index (χ0v) is 14.5. The highest BCUT2D eigenvalue weighted by Crippen LogP contribution is 2.30. The lowest BCUT2D eigenvalue weighted by Crippen LogP contribution is -2.05. The summed E-state index contributed by atoms with van der Waals surface area (Å²) in [5, 5.41) is 2.67. The van der Waals surface area contributed by atoms with Gasteiger partial charge in [-0.05, 0) is 35.9 Å². The minimum Gasteiger partial charge on any atom is -0.383 e. The topological polar surface area (TPSA) is 85.3 Å². The molecule has 0 spiro atoms. The van der Waals surface area contributed by atoms with Crippen LogP contribution in [0.2, 0.25) is 0 Å². The van der Waals surface area contributed by atoms with Crippen molar-refractivity contribution in [3.63, 3.8) is 0 Å². The van der Waals surface area contributed by atoms with Crippen LogP contribution >= 0.6 is 0 Å². The summed E-state index contributed by atoms with van der Waals surface area (Å²) in [6.45, 7) is 1.44. The molecule has 7 heteroatoms. The maximum absolute atomic E-state index is 13.2. The first-order chi connectivity index (χ1) is 13.0. The van der Waals surface area contributed by atoms with E-state index in [1.807, 2.05) is 28.8 Å². The number of hydrogen-bond acceptors (Lipinski definition) is 4. The Balaban J connectivity index is 1.75. The molecular formula is C20H16FN5O. The van der Waals surface area contributed by atoms with Gasteiger partial charge in [-0.25, -0.2) is 14.4 Å². The molecular weight excluding hydrogens is 345 g/mol. The van der Waals surface area contributed by atoms with Gasteiger partial charge in [0.25, 0.3) is 0 Å². The van der Waals surface area contributed by atoms with Gasteiger partial charge in [-0.3, -0.25) is 4.79 Å². The third-order valence-electron chi connectivity index (χ3n) is 4.16. The predicted molar refractivity (Wildman–Crippen MR) is 103 cm³/mol. The lowest BCUT2D eigenvalue weighted by molar-refractivity contribution is -0.114. The Bertz CT molecular complexity index is 1150. The van der Waals surface area contributed by atoms with Crippen molar-refractivity contribution >= 4 is 23.2 Å². The van der Waals surface area contributed by atoms with Crippen molar-refractivity contribution in [1.29, 1.82) is 0 Å². The monoisotopic (exact) mass is 361 g/mol. The van der Waals surface area contributed by atoms with E-state index in [1.54, 1.807) is 24.5 Å². The van der Waals surface area contributed by atoms with Gasteiger partial charge in [-0.1, -0.05) is 12.1 Å². The van der Waals surface area contributed by atoms with Crippen molar-refractivity contribution < 1.29 is 9.18 Å². The van der Waals surface area contributed by atoms with Crippen LogP contribution in [-0.2, 0) is 4.79 Å². The molecule has 0 atom stereocenters. The summed E-state index contributed by atoms with van der Waals surface area (Å²) in [5.74, 6) is 0.386. The molecule has 0 saturated heterocycles. The third-order valence-corrected chi connectivity index (χ3v) is 4.16. The van der Waals surface area contributed by atoms with E-state index in [1.165, 1.54) is 19.1 Å². The van der Waals surface area contributed by atoms with Crippen LogP contribution in [0, 0.1) is 5.82 Å². The Morgan fingerprint density at radius 3 is 2.56 bits per heavy atom. The van der Waals surface area contributed by atoms with E-state index in [2.05, 4.69) is 15.3 Å². The second kappa shape index (κ2) is 6.53. The summed E-state index contributed by atoms with van der Waals surface area (Å²) < 4.78 is 15.0. The number of nitrogens with two attached hydrogens (primary N) is 1. The quantitative estimate of drug-likeness (QED) is 0.582. The van der Waals surface area contributed by atoms with Crippen LogP contribution in [0.1, 0.15) is 6.92 Å². The van der Waals surface area contributed by atoms with E-state index < -0.39 is 0 Å². The van der Waals surface area contributed by atoms with E-state index in [-0.39, 0.29) is 11.7 Å². The summed E-state index contributed by atoms with van der Waals surface area (Å²) in [4.78, 5) is 19.8. The second-order valence-electron chi connectivity index (χ2n) is 6.15. The molecule has 27 heavy (non-hydrogen) atoms. The summed E-state index contributed by atoms with van der Waals surface area (Å²) >= 11 is 0. The van der Waals surface area contributed by atoms with Crippen LogP contribution in [-0.4, -0.2) is 20.3 Å². The molecule has 0 saturated carbocycles. The van der Waals surface area contributed by atoms with E-state index in [0.29, 0.717) is 17.3 Å². The molecule has 4 aromatic rings. The predicted octanol–water partition coefficient (Wildman–Crippen LogP) is 3.74. The van der Waals surface area contributed by atoms with Crippen molar-refractivity contribution in [2.24, 2.45) is 0 Å². The molecule has 0 bridgehead atoms. The fraction of sp³-hybridized carbons (Fsp3) is 0.0500. The van der Waals surface area contributed by atoms with Gasteiger partial charge in [-0.15, -0.1) is 0 Å². The molecule has 0 aliphatic heterocycles. The van der Waals surface area contributed by atoms with E-state index in [0.717, 1.165) is 22.3 Å². The van der Waals surface area contributed by atoms with Crippen LogP contribution in [0.3, 0.4) is 0 Å². The van der Waals surface area contributed by atoms with Crippen molar-refractivity contribution in [1.82, 2.24) is 14.4 Å². The minimum atomic E-state index is -0.304. The average molecular weight is 361 g/mol. The highest BCUT2D eigenvalue weighted by atomic mass is 19.1. The smallest absolute Gasteiger partial charge is 0.222 e. The normalized spacial score (nSPS) is 10.9. The molecule has 3 aromatic heterocycles. The van der Waals surface area contributed by atoms with Crippen LogP contribution < -0.4 is 11.1 Å².